The van der Waals surface area contributed by atoms with Gasteiger partial charge in [-0.1, -0.05) is 6.42 Å². The summed E-state index contributed by atoms with van der Waals surface area (Å²) in [6, 6.07) is 3.84. The van der Waals surface area contributed by atoms with Crippen LogP contribution in [0.4, 0.5) is 4.79 Å². The molecule has 0 bridgehead atoms. The van der Waals surface area contributed by atoms with Crippen molar-refractivity contribution < 1.29 is 9.53 Å². The molecule has 0 unspecified atom stereocenters. The van der Waals surface area contributed by atoms with Gasteiger partial charge in [0.25, 0.3) is 0 Å². The molecule has 2 heterocycles. The lowest BCUT2D eigenvalue weighted by atomic mass is 9.85. The van der Waals surface area contributed by atoms with Gasteiger partial charge in [-0.25, -0.2) is 4.79 Å². The minimum absolute atomic E-state index is 0.0969. The van der Waals surface area contributed by atoms with Crippen molar-refractivity contribution in [3.05, 3.63) is 24.2 Å². The highest BCUT2D eigenvalue weighted by Gasteiger charge is 2.29. The largest absolute Gasteiger partial charge is 0.444 e. The smallest absolute Gasteiger partial charge is 0.407 e. The highest BCUT2D eigenvalue weighted by molar-refractivity contribution is 5.68. The average Bonchev–Trinajstić information content (AvgIpc) is 2.89. The lowest BCUT2D eigenvalue weighted by molar-refractivity contribution is 0.0490. The average molecular weight is 317 g/mol. The van der Waals surface area contributed by atoms with Gasteiger partial charge in [0.1, 0.15) is 5.60 Å². The minimum atomic E-state index is -0.481. The zero-order chi connectivity index (χ0) is 16.4. The zero-order valence-corrected chi connectivity index (χ0v) is 13.8. The molecule has 7 nitrogen and oxygen atoms in total. The van der Waals surface area contributed by atoms with Gasteiger partial charge in [-0.15, -0.1) is 10.2 Å². The van der Waals surface area contributed by atoms with Crippen molar-refractivity contribution in [2.75, 3.05) is 0 Å². The molecule has 0 aliphatic heterocycles. The Labute approximate surface area is 135 Å². The van der Waals surface area contributed by atoms with Crippen molar-refractivity contribution in [2.24, 2.45) is 0 Å². The monoisotopic (exact) mass is 317 g/mol. The number of rotatable bonds is 2. The number of alkyl carbamates (subject to hydrolysis) is 1. The summed E-state index contributed by atoms with van der Waals surface area (Å²) in [5.41, 5.74) is 0.274. The van der Waals surface area contributed by atoms with Gasteiger partial charge in [-0.05, 0) is 52.2 Å². The standard InChI is InChI=1S/C16H23N5O2/c1-16(2,3)23-15(22)18-12-7-4-6-11(10-12)14-20-19-13-8-5-9-17-21(13)14/h5,8-9,11-12H,4,6-7,10H2,1-3H3,(H,18,22)/t11-,12+/m0/s1. The lowest BCUT2D eigenvalue weighted by Gasteiger charge is -2.29. The van der Waals surface area contributed by atoms with Gasteiger partial charge >= 0.3 is 6.09 Å². The van der Waals surface area contributed by atoms with Crippen LogP contribution in [-0.4, -0.2) is 37.5 Å². The Morgan fingerprint density at radius 1 is 1.35 bits per heavy atom. The van der Waals surface area contributed by atoms with E-state index >= 15 is 0 Å². The van der Waals surface area contributed by atoms with Crippen LogP contribution in [0.15, 0.2) is 18.3 Å². The van der Waals surface area contributed by atoms with E-state index < -0.39 is 5.60 Å². The quantitative estimate of drug-likeness (QED) is 0.921. The van der Waals surface area contributed by atoms with Crippen LogP contribution in [0.5, 0.6) is 0 Å². The summed E-state index contributed by atoms with van der Waals surface area (Å²) in [6.45, 7) is 5.60. The summed E-state index contributed by atoms with van der Waals surface area (Å²) in [4.78, 5) is 12.0. The van der Waals surface area contributed by atoms with Gasteiger partial charge in [0, 0.05) is 18.2 Å². The molecule has 23 heavy (non-hydrogen) atoms. The third-order valence-corrected chi connectivity index (χ3v) is 3.96. The maximum atomic E-state index is 12.0. The third kappa shape index (κ3) is 3.78. The van der Waals surface area contributed by atoms with Crippen molar-refractivity contribution in [2.45, 2.75) is 64.0 Å². The maximum absolute atomic E-state index is 12.0. The SMILES string of the molecule is CC(C)(C)OC(=O)N[C@@H]1CCC[C@H](c2nnc3cccnn23)C1. The van der Waals surface area contributed by atoms with Crippen LogP contribution in [0.1, 0.15) is 58.2 Å². The highest BCUT2D eigenvalue weighted by atomic mass is 16.6. The molecule has 1 saturated carbocycles. The summed E-state index contributed by atoms with van der Waals surface area (Å²) in [7, 11) is 0. The first-order valence-electron chi connectivity index (χ1n) is 8.08. The van der Waals surface area contributed by atoms with Gasteiger partial charge in [-0.2, -0.15) is 9.61 Å². The van der Waals surface area contributed by atoms with E-state index in [2.05, 4.69) is 20.6 Å². The zero-order valence-electron chi connectivity index (χ0n) is 13.8. The summed E-state index contributed by atoms with van der Waals surface area (Å²) < 4.78 is 7.13. The summed E-state index contributed by atoms with van der Waals surface area (Å²) in [5, 5.41) is 15.8. The number of fused-ring (bicyclic) bond motifs is 1. The molecule has 1 N–H and O–H groups in total. The number of hydrogen-bond donors (Lipinski definition) is 1. The normalized spacial score (nSPS) is 22.0. The van der Waals surface area contributed by atoms with Crippen LogP contribution in [0.3, 0.4) is 0 Å². The molecule has 7 heteroatoms. The Hall–Kier alpha value is -2.18. The van der Waals surface area contributed by atoms with Crippen LogP contribution in [0, 0.1) is 0 Å². The van der Waals surface area contributed by atoms with E-state index in [9.17, 15) is 4.79 Å². The first kappa shape index (κ1) is 15.7. The molecular formula is C16H23N5O2. The van der Waals surface area contributed by atoms with Gasteiger partial charge in [0.15, 0.2) is 11.5 Å². The molecule has 2 atom stereocenters. The van der Waals surface area contributed by atoms with E-state index in [1.807, 2.05) is 32.9 Å². The molecule has 1 aliphatic rings. The van der Waals surface area contributed by atoms with Crippen LogP contribution in [0.2, 0.25) is 0 Å². The van der Waals surface area contributed by atoms with Crippen molar-refractivity contribution in [3.63, 3.8) is 0 Å². The number of aromatic nitrogens is 4. The number of amides is 1. The second-order valence-corrected chi connectivity index (χ2v) is 7.06. The first-order chi connectivity index (χ1) is 10.9. The summed E-state index contributed by atoms with van der Waals surface area (Å²) >= 11 is 0. The molecule has 0 saturated heterocycles. The van der Waals surface area contributed by atoms with Gasteiger partial charge in [0.05, 0.1) is 0 Å². The maximum Gasteiger partial charge on any atom is 0.407 e. The number of carbonyl (C=O) groups is 1. The predicted octanol–water partition coefficient (Wildman–Crippen LogP) is 2.68. The van der Waals surface area contributed by atoms with E-state index in [4.69, 9.17) is 4.74 Å². The first-order valence-corrected chi connectivity index (χ1v) is 8.08. The predicted molar refractivity (Wildman–Crippen MR) is 85.1 cm³/mol. The molecule has 1 aliphatic carbocycles. The fourth-order valence-electron chi connectivity index (χ4n) is 3.05. The Kier molecular flexibility index (Phi) is 4.19. The Balaban J connectivity index is 1.68. The molecule has 2 aromatic rings. The molecule has 1 fully saturated rings. The Morgan fingerprint density at radius 3 is 2.96 bits per heavy atom. The number of hydrogen-bond acceptors (Lipinski definition) is 5. The molecule has 0 spiro atoms. The van der Waals surface area contributed by atoms with E-state index in [1.54, 1.807) is 10.7 Å². The van der Waals surface area contributed by atoms with Crippen LogP contribution >= 0.6 is 0 Å². The van der Waals surface area contributed by atoms with Crippen LogP contribution < -0.4 is 5.32 Å². The number of carbonyl (C=O) groups excluding carboxylic acids is 1. The van der Waals surface area contributed by atoms with Crippen molar-refractivity contribution >= 4 is 11.7 Å². The third-order valence-electron chi connectivity index (χ3n) is 3.96. The molecule has 124 valence electrons. The van der Waals surface area contributed by atoms with E-state index in [0.717, 1.165) is 37.2 Å². The van der Waals surface area contributed by atoms with Gasteiger partial charge in [-0.3, -0.25) is 0 Å². The second kappa shape index (κ2) is 6.14. The number of nitrogens with one attached hydrogen (secondary N) is 1. The van der Waals surface area contributed by atoms with E-state index in [-0.39, 0.29) is 18.1 Å². The van der Waals surface area contributed by atoms with E-state index in [1.165, 1.54) is 0 Å². The topological polar surface area (TPSA) is 81.4 Å². The fourth-order valence-corrected chi connectivity index (χ4v) is 3.05. The molecule has 3 rings (SSSR count). The molecule has 1 amide bonds. The van der Waals surface area contributed by atoms with Crippen LogP contribution in [0.25, 0.3) is 5.65 Å². The molecular weight excluding hydrogens is 294 g/mol. The minimum Gasteiger partial charge on any atom is -0.444 e. The Bertz CT molecular complexity index is 691. The van der Waals surface area contributed by atoms with Crippen molar-refractivity contribution in [1.29, 1.82) is 0 Å². The van der Waals surface area contributed by atoms with Gasteiger partial charge < -0.3 is 10.1 Å². The van der Waals surface area contributed by atoms with Gasteiger partial charge in [0.2, 0.25) is 0 Å². The van der Waals surface area contributed by atoms with Crippen molar-refractivity contribution in [1.82, 2.24) is 25.1 Å². The van der Waals surface area contributed by atoms with Crippen LogP contribution in [-0.2, 0) is 4.74 Å². The fraction of sp³-hybridized carbons (Fsp3) is 0.625. The Morgan fingerprint density at radius 2 is 2.17 bits per heavy atom. The summed E-state index contributed by atoms with van der Waals surface area (Å²) in [5.74, 6) is 1.12. The molecule has 2 aromatic heterocycles. The number of nitrogens with zero attached hydrogens (tertiary/aromatic N) is 4. The molecule has 0 radical (unpaired) electrons. The second-order valence-electron chi connectivity index (χ2n) is 7.06. The lowest BCUT2D eigenvalue weighted by Crippen LogP contribution is -2.41. The number of ether oxygens (including phenoxy) is 1. The highest BCUT2D eigenvalue weighted by Crippen LogP contribution is 2.32. The summed E-state index contributed by atoms with van der Waals surface area (Å²) in [6.07, 6.45) is 5.24. The molecule has 0 aromatic carbocycles. The van der Waals surface area contributed by atoms with Crippen molar-refractivity contribution in [3.8, 4) is 0 Å². The van der Waals surface area contributed by atoms with E-state index in [0.29, 0.717) is 0 Å².